The molecular formula is C28H27F5O. The summed E-state index contributed by atoms with van der Waals surface area (Å²) in [5.74, 6) is -4.22. The zero-order chi connectivity index (χ0) is 24.5. The Bertz CT molecular complexity index is 1130. The van der Waals surface area contributed by atoms with Gasteiger partial charge in [0.2, 0.25) is 0 Å². The van der Waals surface area contributed by atoms with E-state index in [1.807, 2.05) is 12.1 Å². The van der Waals surface area contributed by atoms with E-state index in [4.69, 9.17) is 0 Å². The first-order valence-electron chi connectivity index (χ1n) is 11.6. The van der Waals surface area contributed by atoms with Crippen LogP contribution < -0.4 is 4.74 Å². The van der Waals surface area contributed by atoms with Crippen molar-refractivity contribution in [3.05, 3.63) is 88.7 Å². The van der Waals surface area contributed by atoms with Crippen LogP contribution in [0.3, 0.4) is 0 Å². The van der Waals surface area contributed by atoms with Crippen LogP contribution in [-0.2, 0) is 6.11 Å². The summed E-state index contributed by atoms with van der Waals surface area (Å²) in [4.78, 5) is 0. The van der Waals surface area contributed by atoms with Gasteiger partial charge in [-0.3, -0.25) is 0 Å². The van der Waals surface area contributed by atoms with E-state index in [0.29, 0.717) is 12.0 Å². The quantitative estimate of drug-likeness (QED) is 0.256. The fourth-order valence-electron chi connectivity index (χ4n) is 4.68. The van der Waals surface area contributed by atoms with Gasteiger partial charge in [0.05, 0.1) is 5.56 Å². The SMILES string of the molecule is CCC1CCC(c2ccc(-c3ccc(C(F)(F)Oc4cc(F)c(F)c(F)c4C)cc3)cc2)CC1. The van der Waals surface area contributed by atoms with E-state index in [1.165, 1.54) is 49.8 Å². The van der Waals surface area contributed by atoms with Crippen LogP contribution in [0.25, 0.3) is 11.1 Å². The number of ether oxygens (including phenoxy) is 1. The number of benzene rings is 3. The van der Waals surface area contributed by atoms with Gasteiger partial charge in [0, 0.05) is 11.6 Å². The van der Waals surface area contributed by atoms with Crippen molar-refractivity contribution in [1.82, 2.24) is 0 Å². The summed E-state index contributed by atoms with van der Waals surface area (Å²) in [6, 6.07) is 14.2. The van der Waals surface area contributed by atoms with Gasteiger partial charge >= 0.3 is 6.11 Å². The molecule has 0 radical (unpaired) electrons. The Morgan fingerprint density at radius 3 is 1.94 bits per heavy atom. The van der Waals surface area contributed by atoms with Crippen molar-refractivity contribution in [2.75, 3.05) is 0 Å². The Labute approximate surface area is 196 Å². The highest BCUT2D eigenvalue weighted by atomic mass is 19.3. The van der Waals surface area contributed by atoms with Crippen LogP contribution in [0.2, 0.25) is 0 Å². The molecule has 3 aromatic rings. The first-order valence-corrected chi connectivity index (χ1v) is 11.6. The smallest absolute Gasteiger partial charge is 0.426 e. The minimum atomic E-state index is -3.86. The summed E-state index contributed by atoms with van der Waals surface area (Å²) < 4.78 is 74.4. The number of halogens is 5. The summed E-state index contributed by atoms with van der Waals surface area (Å²) in [5, 5.41) is 0. The van der Waals surface area contributed by atoms with Crippen molar-refractivity contribution < 1.29 is 26.7 Å². The summed E-state index contributed by atoms with van der Waals surface area (Å²) in [5.41, 5.74) is 1.96. The Morgan fingerprint density at radius 1 is 0.824 bits per heavy atom. The first-order chi connectivity index (χ1) is 16.2. The highest BCUT2D eigenvalue weighted by molar-refractivity contribution is 5.64. The molecule has 0 amide bonds. The van der Waals surface area contributed by atoms with E-state index < -0.39 is 40.4 Å². The second-order valence-corrected chi connectivity index (χ2v) is 9.05. The number of rotatable bonds is 6. The van der Waals surface area contributed by atoms with E-state index in [0.717, 1.165) is 24.0 Å². The van der Waals surface area contributed by atoms with Crippen molar-refractivity contribution in [2.24, 2.45) is 5.92 Å². The molecule has 0 N–H and O–H groups in total. The summed E-state index contributed by atoms with van der Waals surface area (Å²) >= 11 is 0. The third-order valence-corrected chi connectivity index (χ3v) is 6.96. The molecule has 1 nitrogen and oxygen atoms in total. The van der Waals surface area contributed by atoms with E-state index in [1.54, 1.807) is 12.1 Å². The molecule has 0 atom stereocenters. The van der Waals surface area contributed by atoms with Gasteiger partial charge in [-0.05, 0) is 73.3 Å². The minimum absolute atomic E-state index is 0.423. The molecule has 0 bridgehead atoms. The maximum absolute atomic E-state index is 14.7. The summed E-state index contributed by atoms with van der Waals surface area (Å²) in [6.45, 7) is 3.29. The standard InChI is InChI=1S/C28H27F5O/c1-3-18-4-6-19(7-5-18)20-8-10-21(11-9-20)22-12-14-23(15-13-22)28(32,33)34-25-16-24(29)27(31)26(30)17(25)2/h8-16,18-19H,3-7H2,1-2H3. The molecule has 34 heavy (non-hydrogen) atoms. The van der Waals surface area contributed by atoms with Crippen LogP contribution >= 0.6 is 0 Å². The van der Waals surface area contributed by atoms with E-state index >= 15 is 0 Å². The highest BCUT2D eigenvalue weighted by Crippen LogP contribution is 2.38. The molecule has 0 aliphatic heterocycles. The van der Waals surface area contributed by atoms with Gasteiger partial charge in [0.1, 0.15) is 5.75 Å². The second-order valence-electron chi connectivity index (χ2n) is 9.05. The molecule has 0 heterocycles. The monoisotopic (exact) mass is 474 g/mol. The van der Waals surface area contributed by atoms with Gasteiger partial charge in [-0.2, -0.15) is 8.78 Å². The predicted octanol–water partition coefficient (Wildman–Crippen LogP) is 8.89. The third kappa shape index (κ3) is 4.96. The predicted molar refractivity (Wildman–Crippen MR) is 122 cm³/mol. The Morgan fingerprint density at radius 2 is 1.38 bits per heavy atom. The third-order valence-electron chi connectivity index (χ3n) is 6.96. The fraction of sp³-hybridized carbons (Fsp3) is 0.357. The fourth-order valence-corrected chi connectivity index (χ4v) is 4.68. The average molecular weight is 475 g/mol. The van der Waals surface area contributed by atoms with Gasteiger partial charge in [-0.1, -0.05) is 49.7 Å². The molecular weight excluding hydrogens is 447 g/mol. The Balaban J connectivity index is 1.47. The van der Waals surface area contributed by atoms with Gasteiger partial charge in [0.25, 0.3) is 0 Å². The summed E-state index contributed by atoms with van der Waals surface area (Å²) in [6.07, 6.45) is 2.30. The zero-order valence-corrected chi connectivity index (χ0v) is 19.2. The van der Waals surface area contributed by atoms with E-state index in [-0.39, 0.29) is 0 Å². The molecule has 1 aliphatic carbocycles. The van der Waals surface area contributed by atoms with Crippen LogP contribution in [0, 0.1) is 30.3 Å². The van der Waals surface area contributed by atoms with Crippen molar-refractivity contribution >= 4 is 0 Å². The molecule has 1 saturated carbocycles. The van der Waals surface area contributed by atoms with E-state index in [9.17, 15) is 22.0 Å². The Kier molecular flexibility index (Phi) is 6.96. The maximum atomic E-state index is 14.7. The van der Waals surface area contributed by atoms with Crippen molar-refractivity contribution in [1.29, 1.82) is 0 Å². The lowest BCUT2D eigenvalue weighted by Gasteiger charge is -2.28. The molecule has 0 saturated heterocycles. The van der Waals surface area contributed by atoms with Crippen molar-refractivity contribution in [3.63, 3.8) is 0 Å². The molecule has 0 unspecified atom stereocenters. The van der Waals surface area contributed by atoms with Crippen LogP contribution in [0.5, 0.6) is 5.75 Å². The normalized spacial score (nSPS) is 18.7. The maximum Gasteiger partial charge on any atom is 0.426 e. The minimum Gasteiger partial charge on any atom is -0.428 e. The topological polar surface area (TPSA) is 9.23 Å². The molecule has 1 fully saturated rings. The largest absolute Gasteiger partial charge is 0.428 e. The van der Waals surface area contributed by atoms with Gasteiger partial charge < -0.3 is 4.74 Å². The Hall–Kier alpha value is -2.89. The van der Waals surface area contributed by atoms with Crippen LogP contribution in [0.15, 0.2) is 54.6 Å². The van der Waals surface area contributed by atoms with Gasteiger partial charge in [0.15, 0.2) is 17.5 Å². The number of hydrogen-bond acceptors (Lipinski definition) is 1. The van der Waals surface area contributed by atoms with Gasteiger partial charge in [-0.25, -0.2) is 13.2 Å². The lowest BCUT2D eigenvalue weighted by Crippen LogP contribution is -2.22. The van der Waals surface area contributed by atoms with Crippen LogP contribution in [-0.4, -0.2) is 0 Å². The van der Waals surface area contributed by atoms with Crippen molar-refractivity contribution in [2.45, 2.75) is 58.0 Å². The molecule has 3 aromatic carbocycles. The molecule has 6 heteroatoms. The summed E-state index contributed by atoms with van der Waals surface area (Å²) in [7, 11) is 0. The molecule has 0 aromatic heterocycles. The van der Waals surface area contributed by atoms with Crippen LogP contribution in [0.4, 0.5) is 22.0 Å². The number of alkyl halides is 2. The first kappa shape index (κ1) is 24.2. The lowest BCUT2D eigenvalue weighted by atomic mass is 9.77. The molecule has 1 aliphatic rings. The van der Waals surface area contributed by atoms with Gasteiger partial charge in [-0.15, -0.1) is 0 Å². The van der Waals surface area contributed by atoms with Crippen LogP contribution in [0.1, 0.15) is 61.6 Å². The number of hydrogen-bond donors (Lipinski definition) is 0. The van der Waals surface area contributed by atoms with E-state index in [2.05, 4.69) is 23.8 Å². The second kappa shape index (κ2) is 9.77. The highest BCUT2D eigenvalue weighted by Gasteiger charge is 2.36. The zero-order valence-electron chi connectivity index (χ0n) is 19.2. The average Bonchev–Trinajstić information content (AvgIpc) is 2.86. The molecule has 4 rings (SSSR count). The molecule has 180 valence electrons. The molecule has 0 spiro atoms. The van der Waals surface area contributed by atoms with Crippen molar-refractivity contribution in [3.8, 4) is 16.9 Å². The lowest BCUT2D eigenvalue weighted by molar-refractivity contribution is -0.186.